The van der Waals surface area contributed by atoms with Gasteiger partial charge in [0.05, 0.1) is 11.6 Å². The van der Waals surface area contributed by atoms with Crippen molar-refractivity contribution in [1.29, 1.82) is 0 Å². The van der Waals surface area contributed by atoms with Gasteiger partial charge in [0.25, 0.3) is 0 Å². The van der Waals surface area contributed by atoms with E-state index in [9.17, 15) is 4.39 Å². The highest BCUT2D eigenvalue weighted by Crippen LogP contribution is 2.37. The SMILES string of the molecule is C=C(C)CN=C(N)NC1CC(c2ccc(F)c(Cl)c2)C1.I. The third-order valence-corrected chi connectivity index (χ3v) is 3.71. The molecule has 6 heteroatoms. The molecule has 1 aliphatic carbocycles. The summed E-state index contributed by atoms with van der Waals surface area (Å²) >= 11 is 5.79. The fourth-order valence-corrected chi connectivity index (χ4v) is 2.44. The van der Waals surface area contributed by atoms with E-state index in [1.807, 2.05) is 6.92 Å². The van der Waals surface area contributed by atoms with Crippen LogP contribution < -0.4 is 11.1 Å². The highest BCUT2D eigenvalue weighted by Gasteiger charge is 2.30. The molecule has 0 aliphatic heterocycles. The van der Waals surface area contributed by atoms with Crippen LogP contribution in [-0.2, 0) is 0 Å². The molecule has 1 saturated carbocycles. The molecule has 0 atom stereocenters. The number of rotatable bonds is 4. The van der Waals surface area contributed by atoms with E-state index in [0.717, 1.165) is 24.0 Å². The Balaban J connectivity index is 0.00000220. The van der Waals surface area contributed by atoms with Crippen molar-refractivity contribution in [3.05, 3.63) is 46.8 Å². The molecule has 0 aromatic heterocycles. The number of hydrogen-bond acceptors (Lipinski definition) is 1. The maximum Gasteiger partial charge on any atom is 0.189 e. The second-order valence-electron chi connectivity index (χ2n) is 5.34. The lowest BCUT2D eigenvalue weighted by Crippen LogP contribution is -2.46. The standard InChI is InChI=1S/C15H19ClFN3.HI/c1-9(2)8-19-15(18)20-12-5-11(6-12)10-3-4-14(17)13(16)7-10;/h3-4,7,11-12H,1,5-6,8H2,2H3,(H3,18,19,20);1H. The molecule has 0 saturated heterocycles. The van der Waals surface area contributed by atoms with E-state index < -0.39 is 0 Å². The first-order valence-electron chi connectivity index (χ1n) is 6.61. The zero-order valence-corrected chi connectivity index (χ0v) is 15.0. The molecule has 3 N–H and O–H groups in total. The van der Waals surface area contributed by atoms with Crippen LogP contribution in [0.2, 0.25) is 5.02 Å². The normalized spacial score (nSPS) is 21.2. The van der Waals surface area contributed by atoms with Crippen LogP contribution in [0.3, 0.4) is 0 Å². The molecule has 0 radical (unpaired) electrons. The van der Waals surface area contributed by atoms with E-state index in [1.165, 1.54) is 6.07 Å². The maximum atomic E-state index is 13.1. The molecule has 0 heterocycles. The van der Waals surface area contributed by atoms with Gasteiger partial charge in [0.15, 0.2) is 5.96 Å². The summed E-state index contributed by atoms with van der Waals surface area (Å²) in [5.41, 5.74) is 7.84. The molecule has 0 bridgehead atoms. The monoisotopic (exact) mass is 423 g/mol. The van der Waals surface area contributed by atoms with Gasteiger partial charge >= 0.3 is 0 Å². The minimum absolute atomic E-state index is 0. The maximum absolute atomic E-state index is 13.1. The second-order valence-corrected chi connectivity index (χ2v) is 5.75. The second kappa shape index (κ2) is 7.98. The first kappa shape index (κ1) is 18.2. The minimum atomic E-state index is -0.374. The number of halogens is 3. The Morgan fingerprint density at radius 2 is 2.19 bits per heavy atom. The Morgan fingerprint density at radius 1 is 1.52 bits per heavy atom. The van der Waals surface area contributed by atoms with Gasteiger partial charge in [0.2, 0.25) is 0 Å². The van der Waals surface area contributed by atoms with E-state index in [1.54, 1.807) is 12.1 Å². The number of aliphatic imine (C=N–C) groups is 1. The number of guanidine groups is 1. The predicted molar refractivity (Wildman–Crippen MR) is 97.0 cm³/mol. The van der Waals surface area contributed by atoms with Crippen molar-refractivity contribution in [1.82, 2.24) is 5.32 Å². The largest absolute Gasteiger partial charge is 0.370 e. The first-order valence-corrected chi connectivity index (χ1v) is 6.99. The number of nitrogens with zero attached hydrogens (tertiary/aromatic N) is 1. The van der Waals surface area contributed by atoms with Gasteiger partial charge in [0, 0.05) is 6.04 Å². The van der Waals surface area contributed by atoms with Crippen LogP contribution >= 0.6 is 35.6 Å². The summed E-state index contributed by atoms with van der Waals surface area (Å²) in [6, 6.07) is 5.23. The summed E-state index contributed by atoms with van der Waals surface area (Å²) in [6.45, 7) is 6.23. The Hall–Kier alpha value is -0.820. The summed E-state index contributed by atoms with van der Waals surface area (Å²) in [7, 11) is 0. The molecule has 0 spiro atoms. The van der Waals surface area contributed by atoms with Crippen LogP contribution in [0.15, 0.2) is 35.3 Å². The zero-order valence-electron chi connectivity index (χ0n) is 11.9. The average Bonchev–Trinajstić information content (AvgIpc) is 2.34. The molecule has 1 fully saturated rings. The van der Waals surface area contributed by atoms with E-state index in [4.69, 9.17) is 17.3 Å². The highest BCUT2D eigenvalue weighted by molar-refractivity contribution is 14.0. The fourth-order valence-electron chi connectivity index (χ4n) is 2.25. The van der Waals surface area contributed by atoms with Crippen LogP contribution in [0.5, 0.6) is 0 Å². The lowest BCUT2D eigenvalue weighted by atomic mass is 9.76. The van der Waals surface area contributed by atoms with E-state index in [2.05, 4.69) is 16.9 Å². The Kier molecular flexibility index (Phi) is 6.93. The van der Waals surface area contributed by atoms with Gasteiger partial charge in [-0.25, -0.2) is 9.38 Å². The molecular formula is C15H20ClFIN3. The van der Waals surface area contributed by atoms with Crippen molar-refractivity contribution in [3.8, 4) is 0 Å². The van der Waals surface area contributed by atoms with Crippen LogP contribution in [0, 0.1) is 5.82 Å². The number of nitrogens with two attached hydrogens (primary N) is 1. The molecular weight excluding hydrogens is 404 g/mol. The molecule has 2 rings (SSSR count). The Labute approximate surface area is 146 Å². The van der Waals surface area contributed by atoms with Gasteiger partial charge in [-0.05, 0) is 43.4 Å². The Bertz CT molecular complexity index is 542. The summed E-state index contributed by atoms with van der Waals surface area (Å²) in [5.74, 6) is 0.480. The van der Waals surface area contributed by atoms with Crippen molar-refractivity contribution in [2.75, 3.05) is 6.54 Å². The summed E-state index contributed by atoms with van der Waals surface area (Å²) < 4.78 is 13.1. The molecule has 3 nitrogen and oxygen atoms in total. The van der Waals surface area contributed by atoms with Gasteiger partial charge in [-0.3, -0.25) is 0 Å². The third-order valence-electron chi connectivity index (χ3n) is 3.42. The van der Waals surface area contributed by atoms with Crippen molar-refractivity contribution in [2.45, 2.75) is 31.7 Å². The van der Waals surface area contributed by atoms with Crippen molar-refractivity contribution >= 4 is 41.5 Å². The summed E-state index contributed by atoms with van der Waals surface area (Å²) in [4.78, 5) is 4.18. The molecule has 21 heavy (non-hydrogen) atoms. The predicted octanol–water partition coefficient (Wildman–Crippen LogP) is 3.82. The van der Waals surface area contributed by atoms with Gasteiger partial charge in [-0.2, -0.15) is 0 Å². The topological polar surface area (TPSA) is 50.4 Å². The summed E-state index contributed by atoms with van der Waals surface area (Å²) in [5, 5.41) is 3.36. The first-order chi connectivity index (χ1) is 9.45. The van der Waals surface area contributed by atoms with Crippen molar-refractivity contribution in [3.63, 3.8) is 0 Å². The number of nitrogens with one attached hydrogen (secondary N) is 1. The summed E-state index contributed by atoms with van der Waals surface area (Å²) in [6.07, 6.45) is 1.90. The quantitative estimate of drug-likeness (QED) is 0.335. The molecule has 0 amide bonds. The van der Waals surface area contributed by atoms with Gasteiger partial charge in [-0.1, -0.05) is 29.8 Å². The lowest BCUT2D eigenvalue weighted by Gasteiger charge is -2.36. The van der Waals surface area contributed by atoms with Crippen molar-refractivity contribution in [2.24, 2.45) is 10.7 Å². The highest BCUT2D eigenvalue weighted by atomic mass is 127. The Morgan fingerprint density at radius 3 is 2.76 bits per heavy atom. The fraction of sp³-hybridized carbons (Fsp3) is 0.400. The molecule has 0 unspecified atom stereocenters. The lowest BCUT2D eigenvalue weighted by molar-refractivity contribution is 0.323. The number of benzene rings is 1. The van der Waals surface area contributed by atoms with E-state index in [-0.39, 0.29) is 34.8 Å². The van der Waals surface area contributed by atoms with Gasteiger partial charge < -0.3 is 11.1 Å². The third kappa shape index (κ3) is 5.14. The van der Waals surface area contributed by atoms with Gasteiger partial charge in [-0.15, -0.1) is 24.0 Å². The molecule has 116 valence electrons. The molecule has 1 aliphatic rings. The van der Waals surface area contributed by atoms with Crippen molar-refractivity contribution < 1.29 is 4.39 Å². The van der Waals surface area contributed by atoms with E-state index >= 15 is 0 Å². The van der Waals surface area contributed by atoms with Crippen LogP contribution in [0.4, 0.5) is 4.39 Å². The van der Waals surface area contributed by atoms with Crippen LogP contribution in [-0.4, -0.2) is 18.5 Å². The van der Waals surface area contributed by atoms with Gasteiger partial charge in [0.1, 0.15) is 5.82 Å². The smallest absolute Gasteiger partial charge is 0.189 e. The zero-order chi connectivity index (χ0) is 14.7. The molecule has 1 aromatic carbocycles. The van der Waals surface area contributed by atoms with E-state index in [0.29, 0.717) is 24.5 Å². The number of hydrogen-bond donors (Lipinski definition) is 2. The average molecular weight is 424 g/mol. The molecule has 1 aromatic rings. The van der Waals surface area contributed by atoms with Crippen LogP contribution in [0.1, 0.15) is 31.2 Å². The van der Waals surface area contributed by atoms with Crippen LogP contribution in [0.25, 0.3) is 0 Å². The minimum Gasteiger partial charge on any atom is -0.370 e.